The first-order valence-electron chi connectivity index (χ1n) is 12.6. The van der Waals surface area contributed by atoms with Crippen molar-refractivity contribution in [3.63, 3.8) is 0 Å². The lowest BCUT2D eigenvalue weighted by atomic mass is 9.94. The third-order valence-electron chi connectivity index (χ3n) is 6.37. The number of benzene rings is 3. The number of hydrogen-bond donors (Lipinski definition) is 1. The van der Waals surface area contributed by atoms with E-state index in [0.717, 1.165) is 16.9 Å². The van der Waals surface area contributed by atoms with E-state index in [1.807, 2.05) is 52.0 Å². The molecule has 0 saturated carbocycles. The fourth-order valence-corrected chi connectivity index (χ4v) is 4.57. The number of amides is 1. The molecule has 1 aliphatic heterocycles. The molecule has 1 atom stereocenters. The number of rotatable bonds is 9. The number of likely N-dealkylation sites (tertiary alicyclic amines) is 1. The van der Waals surface area contributed by atoms with Gasteiger partial charge in [0.25, 0.3) is 11.7 Å². The highest BCUT2D eigenvalue weighted by Crippen LogP contribution is 2.41. The van der Waals surface area contributed by atoms with Crippen molar-refractivity contribution >= 4 is 17.4 Å². The molecule has 1 fully saturated rings. The molecular formula is C31H33NO6. The summed E-state index contributed by atoms with van der Waals surface area (Å²) in [5.41, 5.74) is 2.82. The van der Waals surface area contributed by atoms with Crippen LogP contribution in [-0.4, -0.2) is 41.5 Å². The number of aliphatic hydroxyl groups excluding tert-OH is 1. The molecule has 3 aromatic rings. The van der Waals surface area contributed by atoms with E-state index < -0.39 is 17.7 Å². The molecule has 1 amide bonds. The van der Waals surface area contributed by atoms with Gasteiger partial charge < -0.3 is 24.2 Å². The monoisotopic (exact) mass is 515 g/mol. The largest absolute Gasteiger partial charge is 0.507 e. The van der Waals surface area contributed by atoms with Crippen molar-refractivity contribution in [2.45, 2.75) is 46.4 Å². The van der Waals surface area contributed by atoms with Crippen molar-refractivity contribution in [3.05, 3.63) is 94.6 Å². The summed E-state index contributed by atoms with van der Waals surface area (Å²) in [6.07, 6.45) is -0.00357. The molecule has 1 N–H and O–H groups in total. The second-order valence-corrected chi connectivity index (χ2v) is 9.42. The van der Waals surface area contributed by atoms with Crippen molar-refractivity contribution in [2.24, 2.45) is 0 Å². The molecule has 3 aromatic carbocycles. The summed E-state index contributed by atoms with van der Waals surface area (Å²) >= 11 is 0. The topological polar surface area (TPSA) is 85.3 Å². The Morgan fingerprint density at radius 2 is 1.63 bits per heavy atom. The minimum atomic E-state index is -0.778. The van der Waals surface area contributed by atoms with E-state index in [0.29, 0.717) is 29.2 Å². The van der Waals surface area contributed by atoms with E-state index >= 15 is 0 Å². The quantitative estimate of drug-likeness (QED) is 0.220. The molecular weight excluding hydrogens is 482 g/mol. The molecule has 1 saturated heterocycles. The zero-order valence-electron chi connectivity index (χ0n) is 22.4. The lowest BCUT2D eigenvalue weighted by Crippen LogP contribution is -2.29. The number of ether oxygens (including phenoxy) is 3. The van der Waals surface area contributed by atoms with Gasteiger partial charge in [0, 0.05) is 12.1 Å². The molecule has 0 aliphatic carbocycles. The molecule has 1 unspecified atom stereocenters. The normalized spacial score (nSPS) is 16.7. The fraction of sp³-hybridized carbons (Fsp3) is 0.290. The molecule has 0 radical (unpaired) electrons. The highest BCUT2D eigenvalue weighted by Gasteiger charge is 2.46. The Kier molecular flexibility index (Phi) is 8.05. The third-order valence-corrected chi connectivity index (χ3v) is 6.37. The van der Waals surface area contributed by atoms with Crippen LogP contribution in [-0.2, 0) is 16.1 Å². The third kappa shape index (κ3) is 5.52. The van der Waals surface area contributed by atoms with Gasteiger partial charge >= 0.3 is 0 Å². The number of aliphatic hydroxyl groups is 1. The highest BCUT2D eigenvalue weighted by molar-refractivity contribution is 6.46. The Bertz CT molecular complexity index is 1340. The molecule has 38 heavy (non-hydrogen) atoms. The molecule has 0 aromatic heterocycles. The van der Waals surface area contributed by atoms with E-state index in [-0.39, 0.29) is 24.0 Å². The number of ketones is 1. The molecule has 0 spiro atoms. The average Bonchev–Trinajstić information content (AvgIpc) is 3.15. The number of carbonyl (C=O) groups excluding carboxylic acids is 2. The molecule has 0 bridgehead atoms. The molecule has 1 aliphatic rings. The molecule has 1 heterocycles. The predicted octanol–water partition coefficient (Wildman–Crippen LogP) is 5.81. The lowest BCUT2D eigenvalue weighted by Gasteiger charge is -2.25. The SMILES string of the molecule is CCOc1ccc(CN2C(=O)C(=O)/C(=C(\O)c3ccc(OC(C)C)c(C)c3)C2c2ccc(OC)cc2)cc1. The van der Waals surface area contributed by atoms with Crippen LogP contribution in [0.4, 0.5) is 0 Å². The molecule has 7 heteroatoms. The van der Waals surface area contributed by atoms with Crippen LogP contribution in [0, 0.1) is 6.92 Å². The van der Waals surface area contributed by atoms with Crippen LogP contribution in [0.25, 0.3) is 5.76 Å². The Hall–Kier alpha value is -4.26. The Morgan fingerprint density at radius 1 is 0.974 bits per heavy atom. The number of Topliss-reactive ketones (excluding diaryl/α,β-unsaturated/α-hetero) is 1. The van der Waals surface area contributed by atoms with Gasteiger partial charge in [-0.1, -0.05) is 24.3 Å². The van der Waals surface area contributed by atoms with Crippen LogP contribution >= 0.6 is 0 Å². The van der Waals surface area contributed by atoms with Gasteiger partial charge in [-0.05, 0) is 86.8 Å². The summed E-state index contributed by atoms with van der Waals surface area (Å²) in [5.74, 6) is 0.447. The highest BCUT2D eigenvalue weighted by atomic mass is 16.5. The maximum Gasteiger partial charge on any atom is 0.295 e. The maximum absolute atomic E-state index is 13.4. The number of aryl methyl sites for hydroxylation is 1. The summed E-state index contributed by atoms with van der Waals surface area (Å²) in [6.45, 7) is 8.40. The summed E-state index contributed by atoms with van der Waals surface area (Å²) in [4.78, 5) is 28.2. The molecule has 4 rings (SSSR count). The zero-order chi connectivity index (χ0) is 27.4. The Balaban J connectivity index is 1.78. The first-order chi connectivity index (χ1) is 18.2. The van der Waals surface area contributed by atoms with Crippen molar-refractivity contribution < 1.29 is 28.9 Å². The van der Waals surface area contributed by atoms with Gasteiger partial charge in [0.15, 0.2) is 0 Å². The van der Waals surface area contributed by atoms with Crippen LogP contribution in [0.5, 0.6) is 17.2 Å². The van der Waals surface area contributed by atoms with Crippen LogP contribution in [0.15, 0.2) is 72.3 Å². The van der Waals surface area contributed by atoms with E-state index in [1.165, 1.54) is 4.90 Å². The second kappa shape index (κ2) is 11.4. The zero-order valence-corrected chi connectivity index (χ0v) is 22.4. The summed E-state index contributed by atoms with van der Waals surface area (Å²) in [5, 5.41) is 11.4. The van der Waals surface area contributed by atoms with Gasteiger partial charge in [-0.2, -0.15) is 0 Å². The van der Waals surface area contributed by atoms with Crippen LogP contribution < -0.4 is 14.2 Å². The first-order valence-corrected chi connectivity index (χ1v) is 12.6. The number of methoxy groups -OCH3 is 1. The second-order valence-electron chi connectivity index (χ2n) is 9.42. The summed E-state index contributed by atoms with van der Waals surface area (Å²) in [7, 11) is 1.57. The van der Waals surface area contributed by atoms with Gasteiger partial charge in [-0.25, -0.2) is 0 Å². The van der Waals surface area contributed by atoms with Crippen LogP contribution in [0.3, 0.4) is 0 Å². The minimum absolute atomic E-state index is 0.00357. The maximum atomic E-state index is 13.4. The molecule has 198 valence electrons. The van der Waals surface area contributed by atoms with E-state index in [9.17, 15) is 14.7 Å². The van der Waals surface area contributed by atoms with Gasteiger partial charge in [-0.3, -0.25) is 9.59 Å². The Morgan fingerprint density at radius 3 is 2.21 bits per heavy atom. The summed E-state index contributed by atoms with van der Waals surface area (Å²) in [6, 6.07) is 19.0. The predicted molar refractivity (Wildman–Crippen MR) is 145 cm³/mol. The lowest BCUT2D eigenvalue weighted by molar-refractivity contribution is -0.140. The van der Waals surface area contributed by atoms with Crippen molar-refractivity contribution in [1.82, 2.24) is 4.90 Å². The Labute approximate surface area is 223 Å². The van der Waals surface area contributed by atoms with Gasteiger partial charge in [0.1, 0.15) is 23.0 Å². The van der Waals surface area contributed by atoms with Crippen molar-refractivity contribution in [3.8, 4) is 17.2 Å². The van der Waals surface area contributed by atoms with E-state index in [2.05, 4.69) is 0 Å². The molecule has 7 nitrogen and oxygen atoms in total. The number of hydrogen-bond acceptors (Lipinski definition) is 6. The standard InChI is InChI=1S/C31H33NO6/c1-6-37-25-12-7-21(8-13-25)18-32-28(22-9-14-24(36-5)15-10-22)27(30(34)31(32)35)29(33)23-11-16-26(20(4)17-23)38-19(2)3/h7-17,19,28,33H,6,18H2,1-5H3/b29-27-. The van der Waals surface area contributed by atoms with Gasteiger partial charge in [0.05, 0.1) is 31.4 Å². The van der Waals surface area contributed by atoms with E-state index in [4.69, 9.17) is 14.2 Å². The number of nitrogens with zero attached hydrogens (tertiary/aromatic N) is 1. The van der Waals surface area contributed by atoms with Crippen molar-refractivity contribution in [2.75, 3.05) is 13.7 Å². The smallest absolute Gasteiger partial charge is 0.295 e. The van der Waals surface area contributed by atoms with Crippen LogP contribution in [0.1, 0.15) is 49.1 Å². The van der Waals surface area contributed by atoms with Gasteiger partial charge in [-0.15, -0.1) is 0 Å². The van der Waals surface area contributed by atoms with Crippen molar-refractivity contribution in [1.29, 1.82) is 0 Å². The van der Waals surface area contributed by atoms with E-state index in [1.54, 1.807) is 49.6 Å². The van der Waals surface area contributed by atoms with Gasteiger partial charge in [0.2, 0.25) is 0 Å². The summed E-state index contributed by atoms with van der Waals surface area (Å²) < 4.78 is 16.6. The minimum Gasteiger partial charge on any atom is -0.507 e. The average molecular weight is 516 g/mol. The fourth-order valence-electron chi connectivity index (χ4n) is 4.57. The first kappa shape index (κ1) is 26.8. The van der Waals surface area contributed by atoms with Crippen LogP contribution in [0.2, 0.25) is 0 Å². The number of carbonyl (C=O) groups is 2.